The summed E-state index contributed by atoms with van der Waals surface area (Å²) < 4.78 is 44.8. The van der Waals surface area contributed by atoms with Crippen molar-refractivity contribution >= 4 is 16.8 Å². The second-order valence-corrected chi connectivity index (χ2v) is 15.7. The SMILES string of the molecule is CN1CCN(CC(=O)Oc2ccc3c(c2)C[C@@H](CCCS(=O)CCCC(C)(F)F)[C@@H]2[C@@H]3CC[C@]3(C)[C@@H](O)CC[C@@H]23)CC1. The Balaban J connectivity index is 1.26. The molecular formula is C33H50F2N2O4S. The molecule has 3 fully saturated rings. The van der Waals surface area contributed by atoms with Crippen LogP contribution < -0.4 is 4.74 Å². The van der Waals surface area contributed by atoms with E-state index in [9.17, 15) is 22.9 Å². The summed E-state index contributed by atoms with van der Waals surface area (Å²) in [6.07, 6.45) is 6.41. The van der Waals surface area contributed by atoms with Gasteiger partial charge in [-0.25, -0.2) is 8.78 Å². The number of benzene rings is 1. The number of rotatable bonds is 11. The third kappa shape index (κ3) is 7.44. The molecule has 0 radical (unpaired) electrons. The Morgan fingerprint density at radius 2 is 1.88 bits per heavy atom. The molecule has 2 saturated carbocycles. The van der Waals surface area contributed by atoms with Gasteiger partial charge in [-0.2, -0.15) is 0 Å². The van der Waals surface area contributed by atoms with Gasteiger partial charge in [0.05, 0.1) is 12.6 Å². The Morgan fingerprint density at radius 1 is 1.14 bits per heavy atom. The number of fused-ring (bicyclic) bond motifs is 5. The predicted octanol–water partition coefficient (Wildman–Crippen LogP) is 5.25. The lowest BCUT2D eigenvalue weighted by molar-refractivity contribution is -0.136. The van der Waals surface area contributed by atoms with Crippen LogP contribution in [0.3, 0.4) is 0 Å². The van der Waals surface area contributed by atoms with Crippen molar-refractivity contribution in [3.8, 4) is 5.75 Å². The number of ether oxygens (including phenoxy) is 1. The van der Waals surface area contributed by atoms with Gasteiger partial charge >= 0.3 is 5.97 Å². The first-order valence-corrected chi connectivity index (χ1v) is 17.6. The highest BCUT2D eigenvalue weighted by Crippen LogP contribution is 2.62. The van der Waals surface area contributed by atoms with Crippen LogP contribution in [0.1, 0.15) is 82.3 Å². The normalized spacial score (nSPS) is 32.6. The number of halogens is 2. The van der Waals surface area contributed by atoms with E-state index >= 15 is 0 Å². The number of piperazine rings is 1. The lowest BCUT2D eigenvalue weighted by Crippen LogP contribution is -2.47. The first kappa shape index (κ1) is 32.0. The van der Waals surface area contributed by atoms with E-state index in [-0.39, 0.29) is 30.3 Å². The van der Waals surface area contributed by atoms with Crippen molar-refractivity contribution in [2.45, 2.75) is 89.6 Å². The number of alkyl halides is 2. The molecule has 0 amide bonds. The summed E-state index contributed by atoms with van der Waals surface area (Å²) in [4.78, 5) is 17.2. The summed E-state index contributed by atoms with van der Waals surface area (Å²) in [5, 5.41) is 10.9. The molecule has 1 aliphatic heterocycles. The number of carbonyl (C=O) groups is 1. The van der Waals surface area contributed by atoms with Crippen molar-refractivity contribution in [3.05, 3.63) is 29.3 Å². The van der Waals surface area contributed by atoms with Crippen LogP contribution in [-0.4, -0.2) is 88.4 Å². The molecule has 1 unspecified atom stereocenters. The van der Waals surface area contributed by atoms with Gasteiger partial charge < -0.3 is 14.7 Å². The topological polar surface area (TPSA) is 70.1 Å². The maximum absolute atomic E-state index is 13.2. The number of aliphatic hydroxyl groups is 1. The van der Waals surface area contributed by atoms with Gasteiger partial charge in [0.2, 0.25) is 5.92 Å². The van der Waals surface area contributed by atoms with Gasteiger partial charge in [0.1, 0.15) is 5.75 Å². The molecule has 4 aliphatic rings. The summed E-state index contributed by atoms with van der Waals surface area (Å²) in [5.74, 6) is 0.293. The van der Waals surface area contributed by atoms with Crippen LogP contribution in [0.4, 0.5) is 8.78 Å². The van der Waals surface area contributed by atoms with E-state index in [1.807, 2.05) is 6.07 Å². The molecule has 1 saturated heterocycles. The largest absolute Gasteiger partial charge is 0.426 e. The van der Waals surface area contributed by atoms with Gasteiger partial charge in [-0.15, -0.1) is 0 Å². The van der Waals surface area contributed by atoms with Gasteiger partial charge in [-0.05, 0) is 118 Å². The van der Waals surface area contributed by atoms with Crippen molar-refractivity contribution in [1.29, 1.82) is 0 Å². The van der Waals surface area contributed by atoms with Gasteiger partial charge in [0.15, 0.2) is 0 Å². The van der Waals surface area contributed by atoms with Gasteiger partial charge in [0.25, 0.3) is 0 Å². The Bertz CT molecular complexity index is 1120. The van der Waals surface area contributed by atoms with Crippen LogP contribution in [0.2, 0.25) is 0 Å². The van der Waals surface area contributed by atoms with Gasteiger partial charge in [-0.3, -0.25) is 13.9 Å². The monoisotopic (exact) mass is 608 g/mol. The molecule has 1 aromatic rings. The third-order valence-electron chi connectivity index (χ3n) is 10.9. The average Bonchev–Trinajstić information content (AvgIpc) is 3.23. The lowest BCUT2D eigenvalue weighted by atomic mass is 9.52. The number of hydrogen-bond acceptors (Lipinski definition) is 6. The zero-order chi connectivity index (χ0) is 30.1. The molecule has 9 heteroatoms. The van der Waals surface area contributed by atoms with Gasteiger partial charge in [-0.1, -0.05) is 13.0 Å². The van der Waals surface area contributed by atoms with Crippen molar-refractivity contribution < 1.29 is 27.6 Å². The van der Waals surface area contributed by atoms with E-state index in [4.69, 9.17) is 4.74 Å². The van der Waals surface area contributed by atoms with Crippen molar-refractivity contribution in [1.82, 2.24) is 9.80 Å². The summed E-state index contributed by atoms with van der Waals surface area (Å²) in [5.41, 5.74) is 2.56. The predicted molar refractivity (Wildman–Crippen MR) is 162 cm³/mol. The maximum atomic E-state index is 13.2. The number of carbonyl (C=O) groups excluding carboxylic acids is 1. The number of likely N-dealkylation sites (N-methyl/N-ethyl adjacent to an activating group) is 1. The minimum Gasteiger partial charge on any atom is -0.426 e. The second-order valence-electron chi connectivity index (χ2n) is 14.0. The van der Waals surface area contributed by atoms with Crippen LogP contribution in [-0.2, 0) is 22.0 Å². The fraction of sp³-hybridized carbons (Fsp3) is 0.788. The van der Waals surface area contributed by atoms with Crippen molar-refractivity contribution in [2.75, 3.05) is 51.3 Å². The Kier molecular flexibility index (Phi) is 10.1. The summed E-state index contributed by atoms with van der Waals surface area (Å²) in [6, 6.07) is 6.20. The molecule has 1 heterocycles. The first-order valence-electron chi connectivity index (χ1n) is 16.1. The summed E-state index contributed by atoms with van der Waals surface area (Å²) in [6.45, 7) is 7.14. The molecule has 0 spiro atoms. The fourth-order valence-electron chi connectivity index (χ4n) is 8.59. The molecule has 1 N–H and O–H groups in total. The molecule has 5 rings (SSSR count). The molecular weight excluding hydrogens is 558 g/mol. The zero-order valence-electron chi connectivity index (χ0n) is 25.7. The molecule has 6 nitrogen and oxygen atoms in total. The van der Waals surface area contributed by atoms with E-state index < -0.39 is 16.7 Å². The number of nitrogens with zero attached hydrogens (tertiary/aromatic N) is 2. The molecule has 7 atom stereocenters. The molecule has 0 bridgehead atoms. The molecule has 236 valence electrons. The lowest BCUT2D eigenvalue weighted by Gasteiger charge is -2.53. The minimum absolute atomic E-state index is 0.0517. The highest BCUT2D eigenvalue weighted by atomic mass is 32.2. The van der Waals surface area contributed by atoms with Gasteiger partial charge in [0, 0.05) is 54.9 Å². The van der Waals surface area contributed by atoms with Crippen LogP contribution >= 0.6 is 0 Å². The smallest absolute Gasteiger partial charge is 0.325 e. The Hall–Kier alpha value is -1.42. The average molecular weight is 609 g/mol. The standard InChI is InChI=1S/C33H50F2N2O4S/c1-32-13-11-27-26-8-7-25(41-30(39)22-37-16-14-36(3)15-17-37)21-24(26)20-23(31(27)28(32)9-10-29(32)38)6-4-18-42(40)19-5-12-33(2,34)35/h7-8,21,23,27-29,31,38H,4-6,9-20,22H2,1-3H3/t23-,27-,28+,29+,31-,32+,42?/m1/s1. The zero-order valence-corrected chi connectivity index (χ0v) is 26.5. The van der Waals surface area contributed by atoms with E-state index in [1.165, 1.54) is 11.1 Å². The molecule has 1 aromatic carbocycles. The van der Waals surface area contributed by atoms with Crippen LogP contribution in [0.15, 0.2) is 18.2 Å². The summed E-state index contributed by atoms with van der Waals surface area (Å²) in [7, 11) is 1.01. The molecule has 42 heavy (non-hydrogen) atoms. The van der Waals surface area contributed by atoms with Crippen molar-refractivity contribution in [2.24, 2.45) is 23.2 Å². The number of hydrogen-bond donors (Lipinski definition) is 1. The molecule has 3 aliphatic carbocycles. The Morgan fingerprint density at radius 3 is 2.62 bits per heavy atom. The van der Waals surface area contributed by atoms with E-state index in [2.05, 4.69) is 35.9 Å². The first-order chi connectivity index (χ1) is 19.9. The minimum atomic E-state index is -2.70. The fourth-order valence-corrected chi connectivity index (χ4v) is 9.75. The number of esters is 1. The second kappa shape index (κ2) is 13.3. The third-order valence-corrected chi connectivity index (χ3v) is 12.4. The summed E-state index contributed by atoms with van der Waals surface area (Å²) >= 11 is 0. The quantitative estimate of drug-likeness (QED) is 0.274. The van der Waals surface area contributed by atoms with Crippen LogP contribution in [0, 0.1) is 23.2 Å². The van der Waals surface area contributed by atoms with E-state index in [0.717, 1.165) is 78.0 Å². The molecule has 0 aromatic heterocycles. The maximum Gasteiger partial charge on any atom is 0.325 e. The highest BCUT2D eigenvalue weighted by Gasteiger charge is 2.56. The number of aliphatic hydroxyl groups excluding tert-OH is 1. The van der Waals surface area contributed by atoms with Crippen LogP contribution in [0.5, 0.6) is 5.75 Å². The Labute approximate surface area is 253 Å². The van der Waals surface area contributed by atoms with E-state index in [0.29, 0.717) is 47.5 Å². The van der Waals surface area contributed by atoms with Crippen LogP contribution in [0.25, 0.3) is 0 Å². The van der Waals surface area contributed by atoms with E-state index in [1.54, 1.807) is 0 Å². The van der Waals surface area contributed by atoms with Crippen molar-refractivity contribution in [3.63, 3.8) is 0 Å². The highest BCUT2D eigenvalue weighted by molar-refractivity contribution is 7.84.